The van der Waals surface area contributed by atoms with Gasteiger partial charge in [-0.05, 0) is 12.1 Å². The Morgan fingerprint density at radius 2 is 1.67 bits per heavy atom. The molecule has 21 heavy (non-hydrogen) atoms. The van der Waals surface area contributed by atoms with Gasteiger partial charge in [0.05, 0.1) is 32.1 Å². The first kappa shape index (κ1) is 14.1. The van der Waals surface area contributed by atoms with Gasteiger partial charge < -0.3 is 24.3 Å². The van der Waals surface area contributed by atoms with Gasteiger partial charge in [0, 0.05) is 32.4 Å². The summed E-state index contributed by atoms with van der Waals surface area (Å²) in [5, 5.41) is 8.25. The maximum Gasteiger partial charge on any atom is 0.219 e. The third kappa shape index (κ3) is 3.43. The zero-order valence-electron chi connectivity index (χ0n) is 12.0. The van der Waals surface area contributed by atoms with E-state index in [1.54, 1.807) is 0 Å². The van der Waals surface area contributed by atoms with Crippen molar-refractivity contribution in [2.75, 3.05) is 52.6 Å². The molecule has 7 heteroatoms. The van der Waals surface area contributed by atoms with E-state index in [4.69, 9.17) is 14.9 Å². The van der Waals surface area contributed by atoms with Crippen molar-refractivity contribution in [3.8, 4) is 0 Å². The fourth-order valence-corrected chi connectivity index (χ4v) is 2.49. The van der Waals surface area contributed by atoms with Gasteiger partial charge in [0.15, 0.2) is 5.84 Å². The second-order valence-electron chi connectivity index (χ2n) is 5.04. The average Bonchev–Trinajstić information content (AvgIpc) is 3.08. The van der Waals surface area contributed by atoms with E-state index >= 15 is 0 Å². The van der Waals surface area contributed by atoms with Crippen molar-refractivity contribution in [3.63, 3.8) is 0 Å². The van der Waals surface area contributed by atoms with Crippen LogP contribution in [0.2, 0.25) is 0 Å². The summed E-state index contributed by atoms with van der Waals surface area (Å²) in [4.78, 5) is 11.9. The van der Waals surface area contributed by atoms with Crippen molar-refractivity contribution in [2.24, 2.45) is 4.99 Å². The van der Waals surface area contributed by atoms with Crippen LogP contribution in [0.3, 0.4) is 0 Å². The van der Waals surface area contributed by atoms with Crippen molar-refractivity contribution >= 4 is 11.8 Å². The van der Waals surface area contributed by atoms with E-state index in [9.17, 15) is 0 Å². The summed E-state index contributed by atoms with van der Waals surface area (Å²) < 4.78 is 10.7. The molecule has 1 aromatic heterocycles. The lowest BCUT2D eigenvalue weighted by Crippen LogP contribution is -2.44. The summed E-state index contributed by atoms with van der Waals surface area (Å²) in [6.45, 7) is 5.77. The number of ether oxygens (including phenoxy) is 2. The summed E-state index contributed by atoms with van der Waals surface area (Å²) >= 11 is 0. The number of guanidine groups is 1. The minimum atomic E-state index is 0.300. The molecule has 0 aliphatic carbocycles. The van der Waals surface area contributed by atoms with Crippen LogP contribution in [0.25, 0.3) is 0 Å². The SMILES string of the molecule is N=C(N=C(c1ccc[nH]1)N1CCOCC1)N1CCOCC1. The number of hydrogen-bond donors (Lipinski definition) is 2. The van der Waals surface area contributed by atoms with E-state index in [0.29, 0.717) is 32.4 Å². The van der Waals surface area contributed by atoms with Gasteiger partial charge in [0.1, 0.15) is 0 Å². The molecule has 0 radical (unpaired) electrons. The topological polar surface area (TPSA) is 76.9 Å². The summed E-state index contributed by atoms with van der Waals surface area (Å²) in [7, 11) is 0. The molecule has 1 aromatic rings. The van der Waals surface area contributed by atoms with E-state index in [0.717, 1.165) is 37.7 Å². The summed E-state index contributed by atoms with van der Waals surface area (Å²) in [5.74, 6) is 1.12. The lowest BCUT2D eigenvalue weighted by molar-refractivity contribution is 0.0659. The molecule has 0 saturated carbocycles. The normalized spacial score (nSPS) is 20.7. The summed E-state index contributed by atoms with van der Waals surface area (Å²) in [6, 6.07) is 3.94. The number of aromatic nitrogens is 1. The van der Waals surface area contributed by atoms with Crippen LogP contribution in [0, 0.1) is 5.41 Å². The minimum Gasteiger partial charge on any atom is -0.378 e. The monoisotopic (exact) mass is 291 g/mol. The number of H-pyrrole nitrogens is 1. The van der Waals surface area contributed by atoms with Crippen LogP contribution in [0.5, 0.6) is 0 Å². The lowest BCUT2D eigenvalue weighted by Gasteiger charge is -2.31. The first-order valence-corrected chi connectivity index (χ1v) is 7.31. The molecule has 2 N–H and O–H groups in total. The van der Waals surface area contributed by atoms with Crippen molar-refractivity contribution in [1.29, 1.82) is 5.41 Å². The molecule has 2 fully saturated rings. The van der Waals surface area contributed by atoms with Crippen molar-refractivity contribution < 1.29 is 9.47 Å². The number of amidine groups is 1. The van der Waals surface area contributed by atoms with Crippen molar-refractivity contribution in [1.82, 2.24) is 14.8 Å². The molecule has 0 atom stereocenters. The molecule has 7 nitrogen and oxygen atoms in total. The Morgan fingerprint density at radius 3 is 2.24 bits per heavy atom. The first-order valence-electron chi connectivity index (χ1n) is 7.31. The van der Waals surface area contributed by atoms with Crippen LogP contribution in [-0.4, -0.2) is 79.2 Å². The van der Waals surface area contributed by atoms with E-state index in [2.05, 4.69) is 14.9 Å². The summed E-state index contributed by atoms with van der Waals surface area (Å²) in [5.41, 5.74) is 0.940. The van der Waals surface area contributed by atoms with Crippen LogP contribution < -0.4 is 0 Å². The molecule has 114 valence electrons. The Labute approximate surface area is 124 Å². The summed E-state index contributed by atoms with van der Waals surface area (Å²) in [6.07, 6.45) is 1.88. The third-order valence-corrected chi connectivity index (χ3v) is 3.67. The standard InChI is InChI=1S/C14H21N5O2/c15-14(19-6-10-21-11-7-19)17-13(12-2-1-3-16-12)18-4-8-20-9-5-18/h1-3,15-16H,4-11H2. The molecule has 0 amide bonds. The molecule has 0 aromatic carbocycles. The van der Waals surface area contributed by atoms with Crippen LogP contribution in [0.4, 0.5) is 0 Å². The molecular weight excluding hydrogens is 270 g/mol. The van der Waals surface area contributed by atoms with Crippen LogP contribution >= 0.6 is 0 Å². The van der Waals surface area contributed by atoms with Crippen LogP contribution in [0.15, 0.2) is 23.3 Å². The maximum atomic E-state index is 8.25. The first-order chi connectivity index (χ1) is 10.3. The number of rotatable bonds is 1. The minimum absolute atomic E-state index is 0.300. The smallest absolute Gasteiger partial charge is 0.219 e. The highest BCUT2D eigenvalue weighted by molar-refractivity contribution is 6.04. The molecule has 0 unspecified atom stereocenters. The maximum absolute atomic E-state index is 8.25. The lowest BCUT2D eigenvalue weighted by atomic mass is 10.3. The van der Waals surface area contributed by atoms with Gasteiger partial charge in [-0.25, -0.2) is 0 Å². The van der Waals surface area contributed by atoms with Crippen molar-refractivity contribution in [3.05, 3.63) is 24.0 Å². The molecule has 0 bridgehead atoms. The highest BCUT2D eigenvalue weighted by Gasteiger charge is 2.20. The number of aromatic amines is 1. The molecule has 0 spiro atoms. The Bertz CT molecular complexity index is 487. The van der Waals surface area contributed by atoms with E-state index in [1.807, 2.05) is 23.2 Å². The fourth-order valence-electron chi connectivity index (χ4n) is 2.49. The number of hydrogen-bond acceptors (Lipinski definition) is 3. The second-order valence-corrected chi connectivity index (χ2v) is 5.04. The molecule has 2 aliphatic heterocycles. The Morgan fingerprint density at radius 1 is 1.05 bits per heavy atom. The quantitative estimate of drug-likeness (QED) is 0.578. The number of nitrogens with zero attached hydrogens (tertiary/aromatic N) is 3. The van der Waals surface area contributed by atoms with Gasteiger partial charge in [0.25, 0.3) is 0 Å². The molecule has 3 heterocycles. The predicted octanol–water partition coefficient (Wildman–Crippen LogP) is 0.360. The van der Waals surface area contributed by atoms with E-state index in [1.165, 1.54) is 0 Å². The fraction of sp³-hybridized carbons (Fsp3) is 0.571. The van der Waals surface area contributed by atoms with Gasteiger partial charge in [0.2, 0.25) is 5.96 Å². The zero-order chi connectivity index (χ0) is 14.5. The van der Waals surface area contributed by atoms with Gasteiger partial charge in [-0.1, -0.05) is 0 Å². The van der Waals surface area contributed by atoms with E-state index in [-0.39, 0.29) is 0 Å². The second kappa shape index (κ2) is 6.73. The molecular formula is C14H21N5O2. The molecule has 2 aliphatic rings. The Hall–Kier alpha value is -1.86. The van der Waals surface area contributed by atoms with Crippen molar-refractivity contribution in [2.45, 2.75) is 0 Å². The average molecular weight is 291 g/mol. The van der Waals surface area contributed by atoms with E-state index < -0.39 is 0 Å². The van der Waals surface area contributed by atoms with Crippen LogP contribution in [0.1, 0.15) is 5.69 Å². The molecule has 3 rings (SSSR count). The molecule has 2 saturated heterocycles. The van der Waals surface area contributed by atoms with Crippen LogP contribution in [-0.2, 0) is 9.47 Å². The third-order valence-electron chi connectivity index (χ3n) is 3.67. The number of morpholine rings is 2. The Balaban J connectivity index is 1.80. The highest BCUT2D eigenvalue weighted by atomic mass is 16.5. The highest BCUT2D eigenvalue weighted by Crippen LogP contribution is 2.09. The van der Waals surface area contributed by atoms with Gasteiger partial charge >= 0.3 is 0 Å². The Kier molecular flexibility index (Phi) is 4.52. The number of aliphatic imine (C=N–C) groups is 1. The van der Waals surface area contributed by atoms with Gasteiger partial charge in [-0.15, -0.1) is 0 Å². The number of nitrogens with one attached hydrogen (secondary N) is 2. The largest absolute Gasteiger partial charge is 0.378 e. The van der Waals surface area contributed by atoms with Gasteiger partial charge in [-0.3, -0.25) is 5.41 Å². The van der Waals surface area contributed by atoms with Gasteiger partial charge in [-0.2, -0.15) is 4.99 Å². The zero-order valence-corrected chi connectivity index (χ0v) is 12.0. The predicted molar refractivity (Wildman–Crippen MR) is 79.8 cm³/mol.